The second-order valence-corrected chi connectivity index (χ2v) is 12.3. The largest absolute Gasteiger partial charge is 0.338 e. The molecule has 2 aromatic heterocycles. The topological polar surface area (TPSA) is 89.2 Å². The van der Waals surface area contributed by atoms with Crippen LogP contribution >= 0.6 is 11.6 Å². The Bertz CT molecular complexity index is 1760. The van der Waals surface area contributed by atoms with E-state index in [9.17, 15) is 18.4 Å². The summed E-state index contributed by atoms with van der Waals surface area (Å²) in [5, 5.41) is 13.3. The molecule has 0 saturated carbocycles. The van der Waals surface area contributed by atoms with Gasteiger partial charge >= 0.3 is 0 Å². The van der Waals surface area contributed by atoms with Gasteiger partial charge in [0.05, 0.1) is 11.9 Å². The Morgan fingerprint density at radius 2 is 1.77 bits per heavy atom. The number of fused-ring (bicyclic) bond motifs is 1. The molecule has 44 heavy (non-hydrogen) atoms. The quantitative estimate of drug-likeness (QED) is 0.301. The maximum Gasteiger partial charge on any atom is 0.274 e. The summed E-state index contributed by atoms with van der Waals surface area (Å²) in [7, 11) is 0. The molecule has 4 heterocycles. The van der Waals surface area contributed by atoms with Gasteiger partial charge in [-0.15, -0.1) is 5.10 Å². The van der Waals surface area contributed by atoms with Crippen molar-refractivity contribution in [3.63, 3.8) is 0 Å². The normalized spacial score (nSPS) is 19.1. The molecule has 2 saturated heterocycles. The molecule has 2 fully saturated rings. The van der Waals surface area contributed by atoms with Crippen LogP contribution in [0.5, 0.6) is 0 Å². The van der Waals surface area contributed by atoms with Crippen molar-refractivity contribution in [1.29, 1.82) is 0 Å². The Morgan fingerprint density at radius 1 is 0.977 bits per heavy atom. The van der Waals surface area contributed by atoms with Crippen LogP contribution in [0, 0.1) is 18.6 Å². The number of aromatic nitrogens is 5. The van der Waals surface area contributed by atoms with Gasteiger partial charge in [0.15, 0.2) is 5.69 Å². The number of amides is 2. The van der Waals surface area contributed by atoms with E-state index in [0.29, 0.717) is 66.6 Å². The highest BCUT2D eigenvalue weighted by molar-refractivity contribution is 6.30. The number of hydrogen-bond donors (Lipinski definition) is 0. The van der Waals surface area contributed by atoms with Gasteiger partial charge in [-0.25, -0.2) is 18.1 Å². The summed E-state index contributed by atoms with van der Waals surface area (Å²) in [4.78, 5) is 31.0. The SMILES string of the molecule is Cc1ccc(-n2nc(C(=O)N3CCC(N4CCC(n5cc(-c6ccc(Cl)cc6F)nn5)C4=O)CC3)c3c2CCCC3)cc1F. The van der Waals surface area contributed by atoms with Crippen molar-refractivity contribution >= 4 is 23.4 Å². The molecule has 3 aliphatic rings. The van der Waals surface area contributed by atoms with Gasteiger partial charge in [-0.1, -0.05) is 22.9 Å². The van der Waals surface area contributed by atoms with E-state index in [1.165, 1.54) is 16.8 Å². The molecule has 9 nitrogen and oxygen atoms in total. The monoisotopic (exact) mass is 619 g/mol. The molecular weight excluding hydrogens is 588 g/mol. The van der Waals surface area contributed by atoms with E-state index in [4.69, 9.17) is 16.7 Å². The van der Waals surface area contributed by atoms with Crippen molar-refractivity contribution in [2.45, 2.75) is 64.0 Å². The van der Waals surface area contributed by atoms with Gasteiger partial charge < -0.3 is 9.80 Å². The summed E-state index contributed by atoms with van der Waals surface area (Å²) in [5.74, 6) is -0.943. The molecule has 4 aromatic rings. The van der Waals surface area contributed by atoms with Crippen LogP contribution in [0.4, 0.5) is 8.78 Å². The molecule has 2 aromatic carbocycles. The van der Waals surface area contributed by atoms with Crippen molar-refractivity contribution in [1.82, 2.24) is 34.6 Å². The highest BCUT2D eigenvalue weighted by Gasteiger charge is 2.40. The zero-order valence-corrected chi connectivity index (χ0v) is 25.1. The van der Waals surface area contributed by atoms with E-state index < -0.39 is 11.9 Å². The van der Waals surface area contributed by atoms with E-state index >= 15 is 0 Å². The third-order valence-electron chi connectivity index (χ3n) is 9.22. The first kappa shape index (κ1) is 28.6. The summed E-state index contributed by atoms with van der Waals surface area (Å²) >= 11 is 5.87. The zero-order chi connectivity index (χ0) is 30.5. The molecule has 0 N–H and O–H groups in total. The summed E-state index contributed by atoms with van der Waals surface area (Å²) < 4.78 is 32.1. The van der Waals surface area contributed by atoms with Crippen LogP contribution in [-0.2, 0) is 17.6 Å². The summed E-state index contributed by atoms with van der Waals surface area (Å²) in [5.41, 5.74) is 4.22. The van der Waals surface area contributed by atoms with Crippen molar-refractivity contribution < 1.29 is 18.4 Å². The van der Waals surface area contributed by atoms with E-state index in [0.717, 1.165) is 36.9 Å². The fourth-order valence-corrected chi connectivity index (χ4v) is 6.93. The first-order chi connectivity index (χ1) is 21.3. The first-order valence-electron chi connectivity index (χ1n) is 15.1. The lowest BCUT2D eigenvalue weighted by molar-refractivity contribution is -0.133. The molecule has 1 unspecified atom stereocenters. The van der Waals surface area contributed by atoms with Crippen LogP contribution in [0.25, 0.3) is 16.9 Å². The van der Waals surface area contributed by atoms with E-state index in [-0.39, 0.29) is 29.2 Å². The Morgan fingerprint density at radius 3 is 2.55 bits per heavy atom. The zero-order valence-electron chi connectivity index (χ0n) is 24.3. The summed E-state index contributed by atoms with van der Waals surface area (Å²) in [6.45, 7) is 3.34. The second kappa shape index (κ2) is 11.4. The third kappa shape index (κ3) is 5.06. The Hall–Kier alpha value is -4.12. The second-order valence-electron chi connectivity index (χ2n) is 11.9. The number of nitrogens with zero attached hydrogens (tertiary/aromatic N) is 7. The number of benzene rings is 2. The van der Waals surface area contributed by atoms with Crippen LogP contribution in [-0.4, -0.2) is 72.1 Å². The van der Waals surface area contributed by atoms with Gasteiger partial charge in [-0.3, -0.25) is 9.59 Å². The van der Waals surface area contributed by atoms with Crippen LogP contribution in [0.3, 0.4) is 0 Å². The number of piperidine rings is 1. The number of carbonyl (C=O) groups is 2. The number of hydrogen-bond acceptors (Lipinski definition) is 5. The maximum absolute atomic E-state index is 14.4. The fraction of sp³-hybridized carbons (Fsp3) is 0.406. The number of rotatable bonds is 5. The number of aryl methyl sites for hydroxylation is 1. The van der Waals surface area contributed by atoms with Crippen LogP contribution in [0.1, 0.15) is 65.5 Å². The number of carbonyl (C=O) groups excluding carboxylic acids is 2. The lowest BCUT2D eigenvalue weighted by atomic mass is 9.94. The van der Waals surface area contributed by atoms with Gasteiger partial charge in [0.1, 0.15) is 23.4 Å². The minimum Gasteiger partial charge on any atom is -0.338 e. The molecule has 1 atom stereocenters. The standard InChI is InChI=1S/C32H32ClF2N7O2/c1-19-6-8-22(17-25(19)34)42-28-5-3-2-4-24(28)30(37-42)32(44)39-13-10-21(11-14-39)40-15-12-29(31(40)43)41-18-27(36-38-41)23-9-7-20(33)16-26(23)35/h6-9,16-18,21,29H,2-5,10-15H2,1H3. The minimum atomic E-state index is -0.506. The van der Waals surface area contributed by atoms with Crippen molar-refractivity contribution in [3.8, 4) is 16.9 Å². The molecule has 0 radical (unpaired) electrons. The van der Waals surface area contributed by atoms with E-state index in [1.807, 2.05) is 15.9 Å². The lowest BCUT2D eigenvalue weighted by Crippen LogP contribution is -2.48. The van der Waals surface area contributed by atoms with Crippen molar-refractivity contribution in [3.05, 3.63) is 81.8 Å². The third-order valence-corrected chi connectivity index (χ3v) is 9.46. The predicted octanol–water partition coefficient (Wildman–Crippen LogP) is 5.33. The average Bonchev–Trinajstić information content (AvgIpc) is 3.76. The lowest BCUT2D eigenvalue weighted by Gasteiger charge is -2.36. The van der Waals surface area contributed by atoms with Gasteiger partial charge in [0.25, 0.3) is 5.91 Å². The van der Waals surface area contributed by atoms with Gasteiger partial charge in [0, 0.05) is 47.5 Å². The summed E-state index contributed by atoms with van der Waals surface area (Å²) in [6.07, 6.45) is 7.07. The smallest absolute Gasteiger partial charge is 0.274 e. The molecule has 228 valence electrons. The number of halogens is 3. The van der Waals surface area contributed by atoms with Gasteiger partial charge in [-0.05, 0) is 87.8 Å². The predicted molar refractivity (Wildman–Crippen MR) is 160 cm³/mol. The van der Waals surface area contributed by atoms with Crippen LogP contribution < -0.4 is 0 Å². The first-order valence-corrected chi connectivity index (χ1v) is 15.5. The molecular formula is C32H32ClF2N7O2. The van der Waals surface area contributed by atoms with Crippen molar-refractivity contribution in [2.75, 3.05) is 19.6 Å². The molecule has 2 amide bonds. The fourth-order valence-electron chi connectivity index (χ4n) is 6.77. The number of likely N-dealkylation sites (tertiary alicyclic amines) is 2. The van der Waals surface area contributed by atoms with Crippen LogP contribution in [0.2, 0.25) is 5.02 Å². The maximum atomic E-state index is 14.4. The Kier molecular flexibility index (Phi) is 7.44. The molecule has 0 bridgehead atoms. The summed E-state index contributed by atoms with van der Waals surface area (Å²) in [6, 6.07) is 8.92. The van der Waals surface area contributed by atoms with E-state index in [2.05, 4.69) is 10.3 Å². The Labute approximate surface area is 258 Å². The van der Waals surface area contributed by atoms with Crippen LogP contribution in [0.15, 0.2) is 42.6 Å². The Balaban J connectivity index is 1.03. The molecule has 12 heteroatoms. The highest BCUT2D eigenvalue weighted by Crippen LogP contribution is 2.32. The highest BCUT2D eigenvalue weighted by atomic mass is 35.5. The van der Waals surface area contributed by atoms with E-state index in [1.54, 1.807) is 36.0 Å². The molecule has 7 rings (SSSR count). The molecule has 0 spiro atoms. The molecule has 1 aliphatic carbocycles. The minimum absolute atomic E-state index is 0.00950. The van der Waals surface area contributed by atoms with Gasteiger partial charge in [0.2, 0.25) is 5.91 Å². The average molecular weight is 620 g/mol. The van der Waals surface area contributed by atoms with Gasteiger partial charge in [-0.2, -0.15) is 5.10 Å². The molecule has 2 aliphatic heterocycles. The van der Waals surface area contributed by atoms with Crippen molar-refractivity contribution in [2.24, 2.45) is 0 Å².